The van der Waals surface area contributed by atoms with Crippen LogP contribution in [0.3, 0.4) is 0 Å². The van der Waals surface area contributed by atoms with Gasteiger partial charge in [0.2, 0.25) is 0 Å². The van der Waals surface area contributed by atoms with Gasteiger partial charge in [0.1, 0.15) is 0 Å². The maximum Gasteiger partial charge on any atom is 0.281 e. The van der Waals surface area contributed by atoms with Crippen molar-refractivity contribution in [3.05, 3.63) is 0 Å². The average Bonchev–Trinajstić information content (AvgIpc) is 2.44. The first-order valence-corrected chi connectivity index (χ1v) is 7.96. The predicted octanol–water partition coefficient (Wildman–Crippen LogP) is 0.195. The molecule has 7 heteroatoms. The quantitative estimate of drug-likeness (QED) is 0.696. The van der Waals surface area contributed by atoms with Crippen LogP contribution < -0.4 is 0 Å². The molecule has 0 bridgehead atoms. The van der Waals surface area contributed by atoms with Gasteiger partial charge in [-0.3, -0.25) is 0 Å². The summed E-state index contributed by atoms with van der Waals surface area (Å²) < 4.78 is 26.7. The first-order valence-electron chi connectivity index (χ1n) is 5.44. The Balaban J connectivity index is 2.60. The summed E-state index contributed by atoms with van der Waals surface area (Å²) >= 11 is 3.41. The van der Waals surface area contributed by atoms with E-state index in [1.54, 1.807) is 18.4 Å². The molecule has 0 N–H and O–H groups in total. The molecule has 0 radical (unpaired) electrons. The number of rotatable bonds is 4. The summed E-state index contributed by atoms with van der Waals surface area (Å²) in [5.41, 5.74) is 0. The van der Waals surface area contributed by atoms with E-state index in [-0.39, 0.29) is 0 Å². The molecule has 0 unspecified atom stereocenters. The minimum atomic E-state index is -3.23. The van der Waals surface area contributed by atoms with Crippen molar-refractivity contribution in [1.29, 1.82) is 0 Å². The predicted molar refractivity (Wildman–Crippen MR) is 69.0 cm³/mol. The molecule has 0 saturated carbocycles. The van der Waals surface area contributed by atoms with Crippen molar-refractivity contribution >= 4 is 26.1 Å². The molecule has 1 heterocycles. The van der Waals surface area contributed by atoms with Gasteiger partial charge >= 0.3 is 0 Å². The highest BCUT2D eigenvalue weighted by atomic mass is 79.9. The fraction of sp³-hybridized carbons (Fsp3) is 1.00. The summed E-state index contributed by atoms with van der Waals surface area (Å²) in [5, 5.41) is 0.938. The van der Waals surface area contributed by atoms with Crippen LogP contribution in [0.25, 0.3) is 0 Å². The minimum absolute atomic E-state index is 0.591. The third-order valence-corrected chi connectivity index (χ3v) is 5.03. The Morgan fingerprint density at radius 3 is 2.44 bits per heavy atom. The lowest BCUT2D eigenvalue weighted by Crippen LogP contribution is -2.42. The van der Waals surface area contributed by atoms with Crippen LogP contribution in [-0.2, 0) is 10.2 Å². The van der Waals surface area contributed by atoms with Crippen LogP contribution in [-0.4, -0.2) is 74.1 Å². The van der Waals surface area contributed by atoms with E-state index in [2.05, 4.69) is 20.8 Å². The summed E-state index contributed by atoms with van der Waals surface area (Å²) in [4.78, 5) is 2.29. The number of hydrogen-bond acceptors (Lipinski definition) is 3. The SMILES string of the molecule is CN(C)S(=O)(=O)N1CCCN(CCBr)CC1. The topological polar surface area (TPSA) is 43.9 Å². The van der Waals surface area contributed by atoms with Crippen LogP contribution in [0.2, 0.25) is 0 Å². The normalized spacial score (nSPS) is 21.2. The van der Waals surface area contributed by atoms with Gasteiger partial charge in [-0.2, -0.15) is 17.0 Å². The lowest BCUT2D eigenvalue weighted by Gasteiger charge is -2.24. The second-order valence-corrected chi connectivity index (χ2v) is 7.01. The number of halogens is 1. The molecule has 1 saturated heterocycles. The largest absolute Gasteiger partial charge is 0.301 e. The Bertz CT molecular complexity index is 308. The molecule has 0 amide bonds. The van der Waals surface area contributed by atoms with Crippen LogP contribution in [0.5, 0.6) is 0 Å². The second-order valence-electron chi connectivity index (χ2n) is 4.07. The molecule has 16 heavy (non-hydrogen) atoms. The highest BCUT2D eigenvalue weighted by Gasteiger charge is 2.26. The third kappa shape index (κ3) is 3.66. The Kier molecular flexibility index (Phi) is 5.66. The third-order valence-electron chi connectivity index (χ3n) is 2.74. The Labute approximate surface area is 107 Å². The average molecular weight is 314 g/mol. The summed E-state index contributed by atoms with van der Waals surface area (Å²) in [6.45, 7) is 3.99. The second kappa shape index (κ2) is 6.30. The van der Waals surface area contributed by atoms with Crippen molar-refractivity contribution in [2.24, 2.45) is 0 Å². The van der Waals surface area contributed by atoms with Crippen molar-refractivity contribution in [3.63, 3.8) is 0 Å². The Morgan fingerprint density at radius 2 is 1.88 bits per heavy atom. The van der Waals surface area contributed by atoms with Crippen molar-refractivity contribution in [2.45, 2.75) is 6.42 Å². The van der Waals surface area contributed by atoms with Crippen LogP contribution in [0.15, 0.2) is 0 Å². The van der Waals surface area contributed by atoms with E-state index < -0.39 is 10.2 Å². The molecule has 0 atom stereocenters. The van der Waals surface area contributed by atoms with Crippen LogP contribution in [0.1, 0.15) is 6.42 Å². The van der Waals surface area contributed by atoms with Crippen molar-refractivity contribution < 1.29 is 8.42 Å². The van der Waals surface area contributed by atoms with Gasteiger partial charge in [-0.1, -0.05) is 15.9 Å². The van der Waals surface area contributed by atoms with Crippen molar-refractivity contribution in [3.8, 4) is 0 Å². The minimum Gasteiger partial charge on any atom is -0.301 e. The monoisotopic (exact) mass is 313 g/mol. The van der Waals surface area contributed by atoms with Crippen LogP contribution in [0, 0.1) is 0 Å². The van der Waals surface area contributed by atoms with Gasteiger partial charge in [0.15, 0.2) is 0 Å². The van der Waals surface area contributed by atoms with Gasteiger partial charge in [0, 0.05) is 45.6 Å². The number of hydrogen-bond donors (Lipinski definition) is 0. The molecule has 96 valence electrons. The molecular weight excluding hydrogens is 294 g/mol. The molecule has 0 aromatic heterocycles. The van der Waals surface area contributed by atoms with E-state index in [0.29, 0.717) is 13.1 Å². The molecule has 0 aliphatic carbocycles. The van der Waals surface area contributed by atoms with Gasteiger partial charge in [-0.15, -0.1) is 0 Å². The Hall–Kier alpha value is 0.310. The zero-order chi connectivity index (χ0) is 12.2. The molecule has 1 aliphatic heterocycles. The first-order chi connectivity index (χ1) is 7.48. The van der Waals surface area contributed by atoms with E-state index in [4.69, 9.17) is 0 Å². The summed E-state index contributed by atoms with van der Waals surface area (Å²) in [6, 6.07) is 0. The maximum atomic E-state index is 11.9. The van der Waals surface area contributed by atoms with Gasteiger partial charge in [0.05, 0.1) is 0 Å². The Morgan fingerprint density at radius 1 is 1.19 bits per heavy atom. The molecular formula is C9H20BrN3O2S. The van der Waals surface area contributed by atoms with E-state index >= 15 is 0 Å². The standard InChI is InChI=1S/C9H20BrN3O2S/c1-11(2)16(14,15)13-6-3-5-12(7-4-10)8-9-13/h3-9H2,1-2H3. The fourth-order valence-corrected chi connectivity index (χ4v) is 3.39. The van der Waals surface area contributed by atoms with E-state index in [1.165, 1.54) is 4.31 Å². The zero-order valence-electron chi connectivity index (χ0n) is 9.89. The smallest absolute Gasteiger partial charge is 0.281 e. The molecule has 1 fully saturated rings. The molecule has 1 aliphatic rings. The summed E-state index contributed by atoms with van der Waals surface area (Å²) in [7, 11) is -0.0737. The van der Waals surface area contributed by atoms with Gasteiger partial charge < -0.3 is 4.90 Å². The lowest BCUT2D eigenvalue weighted by molar-refractivity contribution is 0.302. The summed E-state index contributed by atoms with van der Waals surface area (Å²) in [5.74, 6) is 0. The number of nitrogens with zero attached hydrogens (tertiary/aromatic N) is 3. The van der Waals surface area contributed by atoms with E-state index in [1.807, 2.05) is 0 Å². The molecule has 0 aromatic rings. The highest BCUT2D eigenvalue weighted by Crippen LogP contribution is 2.10. The zero-order valence-corrected chi connectivity index (χ0v) is 12.3. The number of alkyl halides is 1. The van der Waals surface area contributed by atoms with Crippen LogP contribution >= 0.6 is 15.9 Å². The maximum absolute atomic E-state index is 11.9. The summed E-state index contributed by atoms with van der Waals surface area (Å²) in [6.07, 6.45) is 0.903. The van der Waals surface area contributed by atoms with Crippen LogP contribution in [0.4, 0.5) is 0 Å². The molecule has 0 aromatic carbocycles. The molecule has 1 rings (SSSR count). The van der Waals surface area contributed by atoms with Crippen molar-refractivity contribution in [2.75, 3.05) is 52.1 Å². The van der Waals surface area contributed by atoms with E-state index in [9.17, 15) is 8.42 Å². The first kappa shape index (κ1) is 14.4. The molecule has 5 nitrogen and oxygen atoms in total. The molecule has 0 spiro atoms. The highest BCUT2D eigenvalue weighted by molar-refractivity contribution is 9.09. The van der Waals surface area contributed by atoms with Gasteiger partial charge in [-0.05, 0) is 13.0 Å². The lowest BCUT2D eigenvalue weighted by atomic mass is 10.4. The fourth-order valence-electron chi connectivity index (χ4n) is 1.75. The van der Waals surface area contributed by atoms with Gasteiger partial charge in [0.25, 0.3) is 10.2 Å². The van der Waals surface area contributed by atoms with Crippen molar-refractivity contribution in [1.82, 2.24) is 13.5 Å². The van der Waals surface area contributed by atoms with Gasteiger partial charge in [-0.25, -0.2) is 0 Å². The van der Waals surface area contributed by atoms with E-state index in [0.717, 1.165) is 31.4 Å².